The van der Waals surface area contributed by atoms with Crippen molar-refractivity contribution in [3.63, 3.8) is 0 Å². The number of carbonyl (C=O) groups excluding carboxylic acids is 1. The number of thioether (sulfide) groups is 1. The summed E-state index contributed by atoms with van der Waals surface area (Å²) in [7, 11) is 1.64. The standard InChI is InChI=1S/C28H29N3O3S/c1-34-25-16-8-5-13-22(25)17-18-29-26(32)20-35-28-30-24-15-7-6-14-23(24)27(33)31(28)19-9-12-21-10-3-2-4-11-21/h2-8,10-11,13-16H,9,12,17-20H2,1H3,(H,29,32). The van der Waals surface area contributed by atoms with E-state index in [0.717, 1.165) is 24.2 Å². The number of nitrogens with zero attached hydrogens (tertiary/aromatic N) is 2. The van der Waals surface area contributed by atoms with E-state index in [1.54, 1.807) is 17.7 Å². The molecule has 0 atom stereocenters. The van der Waals surface area contributed by atoms with Gasteiger partial charge in [-0.1, -0.05) is 72.4 Å². The Morgan fingerprint density at radius 2 is 1.71 bits per heavy atom. The van der Waals surface area contributed by atoms with Gasteiger partial charge in [0.05, 0.1) is 23.8 Å². The highest BCUT2D eigenvalue weighted by molar-refractivity contribution is 7.99. The third-order valence-corrected chi connectivity index (χ3v) is 6.73. The number of aryl methyl sites for hydroxylation is 1. The number of nitrogens with one attached hydrogen (secondary N) is 1. The minimum atomic E-state index is -0.0943. The first kappa shape index (κ1) is 24.5. The molecule has 0 saturated carbocycles. The van der Waals surface area contributed by atoms with Gasteiger partial charge in [0.2, 0.25) is 5.91 Å². The number of carbonyl (C=O) groups is 1. The summed E-state index contributed by atoms with van der Waals surface area (Å²) in [4.78, 5) is 30.5. The highest BCUT2D eigenvalue weighted by Gasteiger charge is 2.13. The molecule has 0 aliphatic heterocycles. The number of rotatable bonds is 11. The molecule has 1 aromatic heterocycles. The molecule has 0 unspecified atom stereocenters. The van der Waals surface area contributed by atoms with Crippen LogP contribution in [-0.2, 0) is 24.2 Å². The third-order valence-electron chi connectivity index (χ3n) is 5.76. The topological polar surface area (TPSA) is 73.2 Å². The lowest BCUT2D eigenvalue weighted by molar-refractivity contribution is -0.118. The van der Waals surface area contributed by atoms with E-state index in [4.69, 9.17) is 9.72 Å². The predicted octanol–water partition coefficient (Wildman–Crippen LogP) is 4.49. The Morgan fingerprint density at radius 1 is 0.971 bits per heavy atom. The molecule has 0 saturated heterocycles. The molecule has 0 radical (unpaired) electrons. The summed E-state index contributed by atoms with van der Waals surface area (Å²) in [6, 6.07) is 25.4. The van der Waals surface area contributed by atoms with Crippen molar-refractivity contribution in [3.8, 4) is 5.75 Å². The van der Waals surface area contributed by atoms with E-state index in [1.807, 2.05) is 60.7 Å². The number of hydrogen-bond acceptors (Lipinski definition) is 5. The molecular formula is C28H29N3O3S. The van der Waals surface area contributed by atoms with Crippen LogP contribution in [0.4, 0.5) is 0 Å². The SMILES string of the molecule is COc1ccccc1CCNC(=O)CSc1nc2ccccc2c(=O)n1CCCc1ccccc1. The first-order valence-electron chi connectivity index (χ1n) is 11.7. The number of fused-ring (bicyclic) bond motifs is 1. The van der Waals surface area contributed by atoms with Gasteiger partial charge in [0.25, 0.3) is 5.56 Å². The maximum absolute atomic E-state index is 13.2. The Morgan fingerprint density at radius 3 is 2.54 bits per heavy atom. The van der Waals surface area contributed by atoms with E-state index in [1.165, 1.54) is 17.3 Å². The molecule has 1 amide bonds. The summed E-state index contributed by atoms with van der Waals surface area (Å²) in [5.41, 5.74) is 2.86. The number of ether oxygens (including phenoxy) is 1. The minimum absolute atomic E-state index is 0.0669. The van der Waals surface area contributed by atoms with Crippen molar-refractivity contribution in [1.29, 1.82) is 0 Å². The number of hydrogen-bond donors (Lipinski definition) is 1. The lowest BCUT2D eigenvalue weighted by Gasteiger charge is -2.13. The van der Waals surface area contributed by atoms with Crippen LogP contribution in [-0.4, -0.2) is 34.9 Å². The Bertz CT molecular complexity index is 1340. The van der Waals surface area contributed by atoms with E-state index in [-0.39, 0.29) is 17.2 Å². The molecule has 0 bridgehead atoms. The van der Waals surface area contributed by atoms with Crippen LogP contribution in [0.15, 0.2) is 88.8 Å². The maximum atomic E-state index is 13.2. The Hall–Kier alpha value is -3.58. The van der Waals surface area contributed by atoms with Crippen molar-refractivity contribution < 1.29 is 9.53 Å². The molecule has 35 heavy (non-hydrogen) atoms. The van der Waals surface area contributed by atoms with Crippen LogP contribution in [0.2, 0.25) is 0 Å². The van der Waals surface area contributed by atoms with Crippen LogP contribution in [0.25, 0.3) is 10.9 Å². The average molecular weight is 488 g/mol. The van der Waals surface area contributed by atoms with Crippen LogP contribution in [0, 0.1) is 0 Å². The van der Waals surface area contributed by atoms with Crippen LogP contribution in [0.1, 0.15) is 17.5 Å². The molecule has 4 aromatic rings. The number of amides is 1. The predicted molar refractivity (Wildman–Crippen MR) is 141 cm³/mol. The zero-order chi connectivity index (χ0) is 24.5. The molecule has 4 rings (SSSR count). The van der Waals surface area contributed by atoms with E-state index in [2.05, 4.69) is 17.4 Å². The van der Waals surface area contributed by atoms with Crippen LogP contribution in [0.5, 0.6) is 5.75 Å². The van der Waals surface area contributed by atoms with E-state index in [0.29, 0.717) is 35.6 Å². The Kier molecular flexibility index (Phi) is 8.57. The highest BCUT2D eigenvalue weighted by Crippen LogP contribution is 2.19. The van der Waals surface area contributed by atoms with Gasteiger partial charge in [0.1, 0.15) is 5.75 Å². The Balaban J connectivity index is 1.40. The quantitative estimate of drug-likeness (QED) is 0.249. The van der Waals surface area contributed by atoms with Crippen LogP contribution < -0.4 is 15.6 Å². The summed E-state index contributed by atoms with van der Waals surface area (Å²) in [5.74, 6) is 0.911. The summed E-state index contributed by atoms with van der Waals surface area (Å²) >= 11 is 1.30. The molecule has 7 heteroatoms. The van der Waals surface area contributed by atoms with Gasteiger partial charge in [-0.3, -0.25) is 14.2 Å². The monoisotopic (exact) mass is 487 g/mol. The Labute approximate surface area is 209 Å². The van der Waals surface area contributed by atoms with Gasteiger partial charge in [0.15, 0.2) is 5.16 Å². The molecule has 180 valence electrons. The van der Waals surface area contributed by atoms with Gasteiger partial charge >= 0.3 is 0 Å². The second kappa shape index (κ2) is 12.2. The fourth-order valence-electron chi connectivity index (χ4n) is 3.97. The fourth-order valence-corrected chi connectivity index (χ4v) is 4.82. The van der Waals surface area contributed by atoms with Crippen molar-refractivity contribution in [2.24, 2.45) is 0 Å². The molecule has 0 fully saturated rings. The van der Waals surface area contributed by atoms with Gasteiger partial charge in [-0.15, -0.1) is 0 Å². The second-order valence-corrected chi connectivity index (χ2v) is 9.10. The molecular weight excluding hydrogens is 458 g/mol. The normalized spacial score (nSPS) is 10.9. The van der Waals surface area contributed by atoms with E-state index >= 15 is 0 Å². The largest absolute Gasteiger partial charge is 0.496 e. The first-order chi connectivity index (χ1) is 17.2. The van der Waals surface area contributed by atoms with Crippen LogP contribution >= 0.6 is 11.8 Å². The average Bonchev–Trinajstić information content (AvgIpc) is 2.90. The zero-order valence-corrected chi connectivity index (χ0v) is 20.6. The van der Waals surface area contributed by atoms with Gasteiger partial charge in [-0.25, -0.2) is 4.98 Å². The minimum Gasteiger partial charge on any atom is -0.496 e. The molecule has 1 N–H and O–H groups in total. The lowest BCUT2D eigenvalue weighted by atomic mass is 10.1. The number of para-hydroxylation sites is 2. The van der Waals surface area contributed by atoms with Gasteiger partial charge in [0, 0.05) is 13.1 Å². The number of methoxy groups -OCH3 is 1. The molecule has 6 nitrogen and oxygen atoms in total. The molecule has 3 aromatic carbocycles. The molecule has 0 spiro atoms. The number of aromatic nitrogens is 2. The molecule has 0 aliphatic rings. The van der Waals surface area contributed by atoms with Crippen molar-refractivity contribution in [3.05, 3.63) is 100 Å². The van der Waals surface area contributed by atoms with Gasteiger partial charge in [-0.05, 0) is 48.6 Å². The highest BCUT2D eigenvalue weighted by atomic mass is 32.2. The van der Waals surface area contributed by atoms with E-state index in [9.17, 15) is 9.59 Å². The van der Waals surface area contributed by atoms with Crippen molar-refractivity contribution in [2.45, 2.75) is 31.0 Å². The first-order valence-corrected chi connectivity index (χ1v) is 12.7. The van der Waals surface area contributed by atoms with Crippen molar-refractivity contribution in [1.82, 2.24) is 14.9 Å². The summed E-state index contributed by atoms with van der Waals surface area (Å²) in [5, 5.41) is 4.12. The third kappa shape index (κ3) is 6.51. The maximum Gasteiger partial charge on any atom is 0.262 e. The summed E-state index contributed by atoms with van der Waals surface area (Å²) in [6.07, 6.45) is 2.36. The number of benzene rings is 3. The fraction of sp³-hybridized carbons (Fsp3) is 0.250. The lowest BCUT2D eigenvalue weighted by Crippen LogP contribution is -2.28. The van der Waals surface area contributed by atoms with Crippen LogP contribution in [0.3, 0.4) is 0 Å². The van der Waals surface area contributed by atoms with E-state index < -0.39 is 0 Å². The van der Waals surface area contributed by atoms with Gasteiger partial charge < -0.3 is 10.1 Å². The molecule has 1 heterocycles. The van der Waals surface area contributed by atoms with Crippen molar-refractivity contribution >= 4 is 28.6 Å². The molecule has 0 aliphatic carbocycles. The van der Waals surface area contributed by atoms with Gasteiger partial charge in [-0.2, -0.15) is 0 Å². The smallest absolute Gasteiger partial charge is 0.262 e. The zero-order valence-electron chi connectivity index (χ0n) is 19.8. The second-order valence-electron chi connectivity index (χ2n) is 8.16. The summed E-state index contributed by atoms with van der Waals surface area (Å²) in [6.45, 7) is 1.05. The summed E-state index contributed by atoms with van der Waals surface area (Å²) < 4.78 is 7.08. The van der Waals surface area contributed by atoms with Crippen molar-refractivity contribution in [2.75, 3.05) is 19.4 Å².